The molecule has 30 heavy (non-hydrogen) atoms. The number of carbonyl (C=O) groups excluding carboxylic acids is 1. The van der Waals surface area contributed by atoms with Gasteiger partial charge in [0.05, 0.1) is 15.4 Å². The van der Waals surface area contributed by atoms with E-state index in [1.807, 2.05) is 46.7 Å². The zero-order chi connectivity index (χ0) is 22.1. The van der Waals surface area contributed by atoms with Gasteiger partial charge in [-0.25, -0.2) is 8.42 Å². The van der Waals surface area contributed by atoms with Gasteiger partial charge in [-0.15, -0.1) is 4.83 Å². The average molecular weight is 428 g/mol. The molecule has 1 heterocycles. The summed E-state index contributed by atoms with van der Waals surface area (Å²) < 4.78 is 27.1. The maximum absolute atomic E-state index is 12.6. The molecule has 0 aliphatic heterocycles. The van der Waals surface area contributed by atoms with Gasteiger partial charge in [-0.1, -0.05) is 24.3 Å². The molecule has 0 atom stereocenters. The predicted octanol–water partition coefficient (Wildman–Crippen LogP) is 2.93. The van der Waals surface area contributed by atoms with Crippen LogP contribution < -0.4 is 10.3 Å². The van der Waals surface area contributed by atoms with Crippen LogP contribution in [0.4, 0.5) is 5.69 Å². The van der Waals surface area contributed by atoms with E-state index in [1.54, 1.807) is 13.0 Å². The SMILES string of the molecule is Cc1c([N+](=O)[O-])cccc1S(=O)(=O)NNC(=O)c1cc(C)n(-c2ccccc2)c1C. The lowest BCUT2D eigenvalue weighted by Gasteiger charge is -2.11. The molecule has 0 radical (unpaired) electrons. The van der Waals surface area contributed by atoms with Crippen molar-refractivity contribution < 1.29 is 18.1 Å². The standard InChI is InChI=1S/C20H20N4O5S/c1-13-12-17(15(3)23(13)16-8-5-4-6-9-16)20(25)21-22-30(28,29)19-11-7-10-18(14(19)2)24(26)27/h4-12,22H,1-3H3,(H,21,25). The number of nitrogens with zero attached hydrogens (tertiary/aromatic N) is 2. The van der Waals surface area contributed by atoms with Gasteiger partial charge in [0, 0.05) is 28.7 Å². The monoisotopic (exact) mass is 428 g/mol. The van der Waals surface area contributed by atoms with Gasteiger partial charge in [0.25, 0.3) is 21.6 Å². The fourth-order valence-electron chi connectivity index (χ4n) is 3.29. The van der Waals surface area contributed by atoms with Crippen LogP contribution in [0.2, 0.25) is 0 Å². The highest BCUT2D eigenvalue weighted by molar-refractivity contribution is 7.89. The van der Waals surface area contributed by atoms with Crippen LogP contribution in [0.1, 0.15) is 27.3 Å². The Morgan fingerprint density at radius 2 is 1.70 bits per heavy atom. The lowest BCUT2D eigenvalue weighted by atomic mass is 10.2. The molecule has 0 bridgehead atoms. The number of aromatic nitrogens is 1. The largest absolute Gasteiger partial charge is 0.318 e. The van der Waals surface area contributed by atoms with E-state index in [1.165, 1.54) is 25.1 Å². The summed E-state index contributed by atoms with van der Waals surface area (Å²) in [4.78, 5) is 24.8. The predicted molar refractivity (Wildman–Crippen MR) is 111 cm³/mol. The Hall–Kier alpha value is -3.50. The van der Waals surface area contributed by atoms with Crippen LogP contribution in [0, 0.1) is 30.9 Å². The Balaban J connectivity index is 1.85. The molecule has 3 aromatic rings. The fraction of sp³-hybridized carbons (Fsp3) is 0.150. The van der Waals surface area contributed by atoms with Gasteiger partial charge >= 0.3 is 0 Å². The van der Waals surface area contributed by atoms with Gasteiger partial charge in [0.2, 0.25) is 0 Å². The smallest absolute Gasteiger partial charge is 0.273 e. The molecule has 0 aliphatic rings. The molecular formula is C20H20N4O5S. The molecule has 10 heteroatoms. The highest BCUT2D eigenvalue weighted by Gasteiger charge is 2.24. The third-order valence-corrected chi connectivity index (χ3v) is 6.12. The van der Waals surface area contributed by atoms with Crippen molar-refractivity contribution in [3.05, 3.63) is 87.2 Å². The number of aryl methyl sites for hydroxylation is 1. The first-order valence-electron chi connectivity index (χ1n) is 8.94. The molecule has 2 N–H and O–H groups in total. The number of rotatable bonds is 6. The maximum atomic E-state index is 12.6. The lowest BCUT2D eigenvalue weighted by Crippen LogP contribution is -2.41. The van der Waals surface area contributed by atoms with Gasteiger partial charge in [0.1, 0.15) is 0 Å². The molecular weight excluding hydrogens is 408 g/mol. The van der Waals surface area contributed by atoms with E-state index < -0.39 is 20.9 Å². The molecule has 0 fully saturated rings. The summed E-state index contributed by atoms with van der Waals surface area (Å²) in [5.74, 6) is -0.642. The van der Waals surface area contributed by atoms with Crippen LogP contribution in [0.25, 0.3) is 5.69 Å². The Bertz CT molecular complexity index is 1230. The number of benzene rings is 2. The molecule has 0 spiro atoms. The molecule has 1 amide bonds. The van der Waals surface area contributed by atoms with Crippen LogP contribution in [-0.4, -0.2) is 23.8 Å². The number of carbonyl (C=O) groups is 1. The van der Waals surface area contributed by atoms with Crippen molar-refractivity contribution in [2.75, 3.05) is 0 Å². The third kappa shape index (κ3) is 3.95. The topological polar surface area (TPSA) is 123 Å². The van der Waals surface area contributed by atoms with E-state index in [4.69, 9.17) is 0 Å². The van der Waals surface area contributed by atoms with Gasteiger partial charge in [-0.05, 0) is 45.0 Å². The van der Waals surface area contributed by atoms with Gasteiger partial charge in [-0.3, -0.25) is 20.3 Å². The van der Waals surface area contributed by atoms with Crippen molar-refractivity contribution in [2.24, 2.45) is 0 Å². The van der Waals surface area contributed by atoms with Crippen molar-refractivity contribution in [1.82, 2.24) is 14.8 Å². The first-order chi connectivity index (χ1) is 14.1. The summed E-state index contributed by atoms with van der Waals surface area (Å²) >= 11 is 0. The second-order valence-corrected chi connectivity index (χ2v) is 8.32. The van der Waals surface area contributed by atoms with Gasteiger partial charge in [-0.2, -0.15) is 0 Å². The summed E-state index contributed by atoms with van der Waals surface area (Å²) in [6.45, 7) is 4.93. The van der Waals surface area contributed by atoms with Crippen molar-refractivity contribution >= 4 is 21.6 Å². The van der Waals surface area contributed by atoms with Crippen molar-refractivity contribution in [1.29, 1.82) is 0 Å². The quantitative estimate of drug-likeness (QED) is 0.461. The van der Waals surface area contributed by atoms with Crippen LogP contribution in [-0.2, 0) is 10.0 Å². The molecule has 0 unspecified atom stereocenters. The number of amides is 1. The minimum atomic E-state index is -4.21. The summed E-state index contributed by atoms with van der Waals surface area (Å²) in [5, 5.41) is 11.1. The van der Waals surface area contributed by atoms with Crippen LogP contribution in [0.3, 0.4) is 0 Å². The highest BCUT2D eigenvalue weighted by Crippen LogP contribution is 2.24. The number of hydrogen-bond acceptors (Lipinski definition) is 5. The van der Waals surface area contributed by atoms with E-state index in [0.29, 0.717) is 11.3 Å². The first kappa shape index (κ1) is 21.2. The summed E-state index contributed by atoms with van der Waals surface area (Å²) in [5.41, 5.74) is 4.46. The minimum absolute atomic E-state index is 0.0218. The third-order valence-electron chi connectivity index (χ3n) is 4.73. The molecule has 0 aliphatic carbocycles. The summed E-state index contributed by atoms with van der Waals surface area (Å²) in [6, 6.07) is 14.8. The highest BCUT2D eigenvalue weighted by atomic mass is 32.2. The molecule has 1 aromatic heterocycles. The molecule has 0 saturated heterocycles. The van der Waals surface area contributed by atoms with E-state index >= 15 is 0 Å². The number of hydrazine groups is 1. The number of para-hydroxylation sites is 1. The molecule has 0 saturated carbocycles. The van der Waals surface area contributed by atoms with E-state index in [9.17, 15) is 23.3 Å². The Labute approximate surface area is 173 Å². The Morgan fingerprint density at radius 1 is 1.03 bits per heavy atom. The zero-order valence-electron chi connectivity index (χ0n) is 16.5. The minimum Gasteiger partial charge on any atom is -0.318 e. The number of nitrogens with one attached hydrogen (secondary N) is 2. The van der Waals surface area contributed by atoms with Crippen LogP contribution in [0.5, 0.6) is 0 Å². The lowest BCUT2D eigenvalue weighted by molar-refractivity contribution is -0.385. The van der Waals surface area contributed by atoms with Gasteiger partial charge in [0.15, 0.2) is 0 Å². The van der Waals surface area contributed by atoms with Crippen molar-refractivity contribution in [3.63, 3.8) is 0 Å². The molecule has 9 nitrogen and oxygen atoms in total. The molecule has 2 aromatic carbocycles. The number of nitro benzene ring substituents is 1. The maximum Gasteiger partial charge on any atom is 0.273 e. The van der Waals surface area contributed by atoms with Crippen molar-refractivity contribution in [2.45, 2.75) is 25.7 Å². The normalized spacial score (nSPS) is 11.3. The number of nitro groups is 1. The van der Waals surface area contributed by atoms with Crippen molar-refractivity contribution in [3.8, 4) is 5.69 Å². The second kappa shape index (κ2) is 8.09. The first-order valence-corrected chi connectivity index (χ1v) is 10.4. The van der Waals surface area contributed by atoms with E-state index in [0.717, 1.165) is 11.4 Å². The Morgan fingerprint density at radius 3 is 2.33 bits per heavy atom. The average Bonchev–Trinajstić information content (AvgIpc) is 3.00. The van der Waals surface area contributed by atoms with Gasteiger partial charge < -0.3 is 4.57 Å². The molecule has 3 rings (SSSR count). The summed E-state index contributed by atoms with van der Waals surface area (Å²) in [6.07, 6.45) is 0. The zero-order valence-corrected chi connectivity index (χ0v) is 17.4. The number of sulfonamides is 1. The second-order valence-electron chi connectivity index (χ2n) is 6.67. The van der Waals surface area contributed by atoms with E-state index in [2.05, 4.69) is 5.43 Å². The van der Waals surface area contributed by atoms with E-state index in [-0.39, 0.29) is 16.1 Å². The Kier molecular flexibility index (Phi) is 5.72. The van der Waals surface area contributed by atoms with Crippen LogP contribution in [0.15, 0.2) is 59.5 Å². The van der Waals surface area contributed by atoms with Crippen LogP contribution >= 0.6 is 0 Å². The fourth-order valence-corrected chi connectivity index (χ4v) is 4.40. The summed E-state index contributed by atoms with van der Waals surface area (Å²) in [7, 11) is -4.21. The number of hydrogen-bond donors (Lipinski definition) is 2. The molecule has 156 valence electrons.